The van der Waals surface area contributed by atoms with Gasteiger partial charge in [-0.15, -0.1) is 0 Å². The number of alkyl halides is 3. The third-order valence-corrected chi connectivity index (χ3v) is 4.97. The summed E-state index contributed by atoms with van der Waals surface area (Å²) in [5.41, 5.74) is 0.00213. The number of halogens is 3. The molecule has 27 heavy (non-hydrogen) atoms. The Morgan fingerprint density at radius 2 is 1.96 bits per heavy atom. The van der Waals surface area contributed by atoms with Crippen LogP contribution in [0.2, 0.25) is 0 Å². The maximum atomic E-state index is 12.8. The highest BCUT2D eigenvalue weighted by Gasteiger charge is 2.30. The lowest BCUT2D eigenvalue weighted by atomic mass is 9.96. The van der Waals surface area contributed by atoms with E-state index in [1.165, 1.54) is 18.4 Å². The first-order valence-electron chi connectivity index (χ1n) is 8.90. The summed E-state index contributed by atoms with van der Waals surface area (Å²) < 4.78 is 60.7. The van der Waals surface area contributed by atoms with Crippen LogP contribution in [-0.2, 0) is 16.0 Å². The first kappa shape index (κ1) is 23.3. The minimum Gasteiger partial charge on any atom is -0.357 e. The van der Waals surface area contributed by atoms with E-state index in [9.17, 15) is 21.6 Å². The van der Waals surface area contributed by atoms with Gasteiger partial charge in [0.25, 0.3) is 0 Å². The number of hydrogen-bond acceptors (Lipinski definition) is 3. The van der Waals surface area contributed by atoms with Crippen LogP contribution in [0.1, 0.15) is 43.7 Å². The SMILES string of the molecule is CCNC(=NCCCS(C)(=O)=O)NCCC(C)c1cccc(C(F)(F)F)c1. The average molecular weight is 408 g/mol. The molecule has 5 nitrogen and oxygen atoms in total. The summed E-state index contributed by atoms with van der Waals surface area (Å²) >= 11 is 0. The minimum atomic E-state index is -4.34. The van der Waals surface area contributed by atoms with Gasteiger partial charge in [0.05, 0.1) is 11.3 Å². The highest BCUT2D eigenvalue weighted by molar-refractivity contribution is 7.90. The molecule has 0 amide bonds. The standard InChI is InChI=1S/C18H28F3N3O2S/c1-4-22-17(23-10-6-12-27(3,25)26)24-11-9-14(2)15-7-5-8-16(13-15)18(19,20)21/h5,7-8,13-14H,4,6,9-12H2,1-3H3,(H2,22,23,24). The van der Waals surface area contributed by atoms with Crippen LogP contribution in [-0.4, -0.2) is 46.0 Å². The molecule has 1 unspecified atom stereocenters. The third-order valence-electron chi connectivity index (χ3n) is 3.94. The van der Waals surface area contributed by atoms with Crippen molar-refractivity contribution >= 4 is 15.8 Å². The van der Waals surface area contributed by atoms with Crippen molar-refractivity contribution in [1.82, 2.24) is 10.6 Å². The van der Waals surface area contributed by atoms with Gasteiger partial charge in [0.15, 0.2) is 5.96 Å². The summed E-state index contributed by atoms with van der Waals surface area (Å²) in [7, 11) is -3.00. The largest absolute Gasteiger partial charge is 0.416 e. The Morgan fingerprint density at radius 3 is 2.56 bits per heavy atom. The van der Waals surface area contributed by atoms with Crippen LogP contribution >= 0.6 is 0 Å². The Balaban J connectivity index is 2.55. The van der Waals surface area contributed by atoms with Crippen molar-refractivity contribution in [2.24, 2.45) is 4.99 Å². The molecule has 2 N–H and O–H groups in total. The quantitative estimate of drug-likeness (QED) is 0.375. The molecular formula is C18H28F3N3O2S. The average Bonchev–Trinajstić information content (AvgIpc) is 2.57. The summed E-state index contributed by atoms with van der Waals surface area (Å²) in [5.74, 6) is 0.609. The minimum absolute atomic E-state index is 0.0482. The van der Waals surface area contributed by atoms with Crippen molar-refractivity contribution in [2.75, 3.05) is 31.6 Å². The molecule has 0 aliphatic heterocycles. The van der Waals surface area contributed by atoms with E-state index < -0.39 is 21.6 Å². The summed E-state index contributed by atoms with van der Waals surface area (Å²) in [6, 6.07) is 5.38. The Labute approximate surface area is 159 Å². The number of hydrogen-bond donors (Lipinski definition) is 2. The fourth-order valence-corrected chi connectivity index (χ4v) is 3.11. The summed E-state index contributed by atoms with van der Waals surface area (Å²) in [6.07, 6.45) is -2.08. The molecule has 0 fully saturated rings. The lowest BCUT2D eigenvalue weighted by Gasteiger charge is -2.16. The maximum Gasteiger partial charge on any atom is 0.416 e. The Hall–Kier alpha value is -1.77. The molecule has 0 heterocycles. The second-order valence-corrected chi connectivity index (χ2v) is 8.74. The fourth-order valence-electron chi connectivity index (χ4n) is 2.45. The highest BCUT2D eigenvalue weighted by atomic mass is 32.2. The summed E-state index contributed by atoms with van der Waals surface area (Å²) in [6.45, 7) is 5.37. The van der Waals surface area contributed by atoms with E-state index in [1.54, 1.807) is 6.07 Å². The van der Waals surface area contributed by atoms with E-state index in [-0.39, 0.29) is 11.7 Å². The second kappa shape index (κ2) is 10.5. The van der Waals surface area contributed by atoms with Crippen molar-refractivity contribution < 1.29 is 21.6 Å². The van der Waals surface area contributed by atoms with Crippen molar-refractivity contribution in [3.05, 3.63) is 35.4 Å². The monoisotopic (exact) mass is 407 g/mol. The molecule has 1 aromatic rings. The van der Waals surface area contributed by atoms with Gasteiger partial charge in [-0.25, -0.2) is 8.42 Å². The molecule has 154 valence electrons. The van der Waals surface area contributed by atoms with E-state index in [1.807, 2.05) is 13.8 Å². The lowest BCUT2D eigenvalue weighted by Crippen LogP contribution is -2.38. The first-order valence-corrected chi connectivity index (χ1v) is 11.0. The predicted octanol–water partition coefficient (Wildman–Crippen LogP) is 3.19. The summed E-state index contributed by atoms with van der Waals surface area (Å²) in [5, 5.41) is 6.19. The number of aliphatic imine (C=N–C) groups is 1. The predicted molar refractivity (Wildman–Crippen MR) is 103 cm³/mol. The van der Waals surface area contributed by atoms with Crippen LogP contribution in [0, 0.1) is 0 Å². The van der Waals surface area contributed by atoms with E-state index in [2.05, 4.69) is 15.6 Å². The third kappa shape index (κ3) is 9.65. The van der Waals surface area contributed by atoms with Gasteiger partial charge in [-0.05, 0) is 37.3 Å². The molecule has 0 aliphatic rings. The van der Waals surface area contributed by atoms with Crippen molar-refractivity contribution in [2.45, 2.75) is 38.8 Å². The zero-order valence-electron chi connectivity index (χ0n) is 15.9. The first-order chi connectivity index (χ1) is 12.5. The van der Waals surface area contributed by atoms with Gasteiger partial charge < -0.3 is 10.6 Å². The molecular weight excluding hydrogens is 379 g/mol. The topological polar surface area (TPSA) is 70.6 Å². The van der Waals surface area contributed by atoms with Gasteiger partial charge >= 0.3 is 6.18 Å². The van der Waals surface area contributed by atoms with E-state index in [4.69, 9.17) is 0 Å². The molecule has 0 spiro atoms. The number of nitrogens with zero attached hydrogens (tertiary/aromatic N) is 1. The normalized spacial score (nSPS) is 14.1. The Morgan fingerprint density at radius 1 is 1.26 bits per heavy atom. The molecule has 1 aromatic carbocycles. The summed E-state index contributed by atoms with van der Waals surface area (Å²) in [4.78, 5) is 4.31. The van der Waals surface area contributed by atoms with Crippen molar-refractivity contribution in [3.8, 4) is 0 Å². The van der Waals surface area contributed by atoms with Crippen LogP contribution in [0.15, 0.2) is 29.3 Å². The second-order valence-electron chi connectivity index (χ2n) is 6.48. The number of guanidine groups is 1. The molecule has 0 aromatic heterocycles. The van der Waals surface area contributed by atoms with E-state index in [0.29, 0.717) is 44.0 Å². The zero-order valence-corrected chi connectivity index (χ0v) is 16.8. The van der Waals surface area contributed by atoms with Crippen LogP contribution in [0.25, 0.3) is 0 Å². The van der Waals surface area contributed by atoms with Crippen LogP contribution in [0.4, 0.5) is 13.2 Å². The molecule has 0 saturated carbocycles. The molecule has 1 rings (SSSR count). The van der Waals surface area contributed by atoms with Gasteiger partial charge in [-0.2, -0.15) is 13.2 Å². The van der Waals surface area contributed by atoms with E-state index in [0.717, 1.165) is 6.07 Å². The smallest absolute Gasteiger partial charge is 0.357 e. The van der Waals surface area contributed by atoms with Crippen LogP contribution in [0.5, 0.6) is 0 Å². The molecule has 1 atom stereocenters. The van der Waals surface area contributed by atoms with Crippen molar-refractivity contribution in [3.63, 3.8) is 0 Å². The van der Waals surface area contributed by atoms with Gasteiger partial charge in [-0.3, -0.25) is 4.99 Å². The van der Waals surface area contributed by atoms with Gasteiger partial charge in [0.1, 0.15) is 9.84 Å². The van der Waals surface area contributed by atoms with Gasteiger partial charge in [0, 0.05) is 25.9 Å². The lowest BCUT2D eigenvalue weighted by molar-refractivity contribution is -0.137. The van der Waals surface area contributed by atoms with Crippen LogP contribution < -0.4 is 10.6 Å². The molecule has 0 saturated heterocycles. The number of nitrogens with one attached hydrogen (secondary N) is 2. The van der Waals surface area contributed by atoms with E-state index >= 15 is 0 Å². The number of benzene rings is 1. The molecule has 9 heteroatoms. The number of rotatable bonds is 9. The number of sulfone groups is 1. The Kier molecular flexibility index (Phi) is 9.08. The zero-order chi connectivity index (χ0) is 20.5. The van der Waals surface area contributed by atoms with Crippen LogP contribution in [0.3, 0.4) is 0 Å². The maximum absolute atomic E-state index is 12.8. The molecule has 0 radical (unpaired) electrons. The Bertz CT molecular complexity index is 719. The molecule has 0 bridgehead atoms. The highest BCUT2D eigenvalue weighted by Crippen LogP contribution is 2.31. The van der Waals surface area contributed by atoms with Gasteiger partial charge in [-0.1, -0.05) is 25.1 Å². The van der Waals surface area contributed by atoms with Crippen molar-refractivity contribution in [1.29, 1.82) is 0 Å². The fraction of sp³-hybridized carbons (Fsp3) is 0.611. The molecule has 0 aliphatic carbocycles. The van der Waals surface area contributed by atoms with Gasteiger partial charge in [0.2, 0.25) is 0 Å².